The Morgan fingerprint density at radius 3 is 2.38 bits per heavy atom. The fraction of sp³-hybridized carbons (Fsp3) is 0.333. The van der Waals surface area contributed by atoms with Crippen molar-refractivity contribution in [2.45, 2.75) is 33.0 Å². The lowest BCUT2D eigenvalue weighted by molar-refractivity contribution is -0.137. The molecule has 5 nitrogen and oxygen atoms in total. The number of halogens is 3. The maximum atomic E-state index is 12.9. The van der Waals surface area contributed by atoms with Gasteiger partial charge < -0.3 is 15.4 Å². The molecule has 0 heterocycles. The lowest BCUT2D eigenvalue weighted by atomic mass is 10.1. The van der Waals surface area contributed by atoms with Crippen molar-refractivity contribution >= 4 is 23.3 Å². The van der Waals surface area contributed by atoms with E-state index in [9.17, 15) is 22.8 Å². The Balaban J connectivity index is 2.09. The predicted molar refractivity (Wildman–Crippen MR) is 104 cm³/mol. The normalized spacial score (nSPS) is 12.4. The minimum absolute atomic E-state index is 0.0731. The maximum absolute atomic E-state index is 12.9. The third-order valence-electron chi connectivity index (χ3n) is 4.34. The standard InChI is InChI=1S/C21H23F3N2O3/c1-13(2)14(3)25-19(27)12-29-20(28)17-9-4-5-10-18(17)26-16-8-6-7-15(11-16)21(22,23)24/h4-11,13-14,26H,12H2,1-3H3,(H,25,27)/t14-/m1/s1. The molecule has 156 valence electrons. The van der Waals surface area contributed by atoms with Crippen LogP contribution in [0.15, 0.2) is 48.5 Å². The van der Waals surface area contributed by atoms with E-state index in [-0.39, 0.29) is 28.9 Å². The fourth-order valence-corrected chi connectivity index (χ4v) is 2.37. The smallest absolute Gasteiger partial charge is 0.416 e. The van der Waals surface area contributed by atoms with Gasteiger partial charge in [0.05, 0.1) is 16.8 Å². The van der Waals surface area contributed by atoms with Gasteiger partial charge in [-0.2, -0.15) is 13.2 Å². The number of alkyl halides is 3. The van der Waals surface area contributed by atoms with E-state index in [0.717, 1.165) is 12.1 Å². The number of hydrogen-bond acceptors (Lipinski definition) is 4. The highest BCUT2D eigenvalue weighted by Crippen LogP contribution is 2.32. The number of ether oxygens (including phenoxy) is 1. The van der Waals surface area contributed by atoms with E-state index in [1.807, 2.05) is 20.8 Å². The lowest BCUT2D eigenvalue weighted by Crippen LogP contribution is -2.38. The predicted octanol–water partition coefficient (Wildman–Crippen LogP) is 4.77. The van der Waals surface area contributed by atoms with Gasteiger partial charge in [-0.05, 0) is 43.2 Å². The molecule has 0 fully saturated rings. The Bertz CT molecular complexity index is 866. The first-order valence-electron chi connectivity index (χ1n) is 9.07. The summed E-state index contributed by atoms with van der Waals surface area (Å²) < 4.78 is 43.7. The molecule has 2 rings (SSSR count). The molecule has 0 radical (unpaired) electrons. The van der Waals surface area contributed by atoms with Crippen molar-refractivity contribution in [1.29, 1.82) is 0 Å². The molecule has 2 aromatic rings. The van der Waals surface area contributed by atoms with Gasteiger partial charge in [0, 0.05) is 11.7 Å². The average molecular weight is 408 g/mol. The van der Waals surface area contributed by atoms with Gasteiger partial charge in [0.1, 0.15) is 0 Å². The van der Waals surface area contributed by atoms with Gasteiger partial charge in [0.15, 0.2) is 6.61 Å². The van der Waals surface area contributed by atoms with Gasteiger partial charge >= 0.3 is 12.1 Å². The van der Waals surface area contributed by atoms with Crippen LogP contribution in [0.1, 0.15) is 36.7 Å². The van der Waals surface area contributed by atoms with Crippen LogP contribution in [0.5, 0.6) is 0 Å². The molecule has 0 saturated carbocycles. The number of amides is 1. The summed E-state index contributed by atoms with van der Waals surface area (Å²) >= 11 is 0. The number of hydrogen-bond donors (Lipinski definition) is 2. The second kappa shape index (κ2) is 9.45. The Morgan fingerprint density at radius 2 is 1.72 bits per heavy atom. The van der Waals surface area contributed by atoms with Gasteiger partial charge in [0.25, 0.3) is 5.91 Å². The summed E-state index contributed by atoms with van der Waals surface area (Å²) in [5, 5.41) is 5.52. The summed E-state index contributed by atoms with van der Waals surface area (Å²) in [6.07, 6.45) is -4.48. The van der Waals surface area contributed by atoms with Crippen molar-refractivity contribution in [3.8, 4) is 0 Å². The van der Waals surface area contributed by atoms with Gasteiger partial charge in [-0.1, -0.05) is 32.0 Å². The minimum atomic E-state index is -4.48. The zero-order chi connectivity index (χ0) is 21.6. The van der Waals surface area contributed by atoms with Crippen molar-refractivity contribution in [3.63, 3.8) is 0 Å². The molecule has 0 spiro atoms. The van der Waals surface area contributed by atoms with Gasteiger partial charge in [0.2, 0.25) is 0 Å². The van der Waals surface area contributed by atoms with Gasteiger partial charge in [-0.15, -0.1) is 0 Å². The summed E-state index contributed by atoms with van der Waals surface area (Å²) in [5.74, 6) is -0.956. The largest absolute Gasteiger partial charge is 0.452 e. The van der Waals surface area contributed by atoms with Crippen LogP contribution in [0, 0.1) is 5.92 Å². The Kier molecular flexibility index (Phi) is 7.25. The van der Waals surface area contributed by atoms with Crippen LogP contribution in [0.25, 0.3) is 0 Å². The number of esters is 1. The lowest BCUT2D eigenvalue weighted by Gasteiger charge is -2.17. The molecule has 0 aromatic heterocycles. The van der Waals surface area contributed by atoms with Crippen LogP contribution in [0.4, 0.5) is 24.5 Å². The highest BCUT2D eigenvalue weighted by molar-refractivity contribution is 5.97. The van der Waals surface area contributed by atoms with E-state index in [2.05, 4.69) is 10.6 Å². The summed E-state index contributed by atoms with van der Waals surface area (Å²) in [5.41, 5.74) is -0.260. The van der Waals surface area contributed by atoms with Crippen molar-refractivity contribution in [3.05, 3.63) is 59.7 Å². The van der Waals surface area contributed by atoms with Gasteiger partial charge in [-0.25, -0.2) is 4.79 Å². The topological polar surface area (TPSA) is 67.4 Å². The van der Waals surface area contributed by atoms with E-state index in [4.69, 9.17) is 4.74 Å². The molecule has 29 heavy (non-hydrogen) atoms. The Labute approximate surface area is 167 Å². The number of anilines is 2. The number of carbonyl (C=O) groups excluding carboxylic acids is 2. The zero-order valence-electron chi connectivity index (χ0n) is 16.3. The number of nitrogens with one attached hydrogen (secondary N) is 2. The molecule has 0 bridgehead atoms. The van der Waals surface area contributed by atoms with Crippen LogP contribution >= 0.6 is 0 Å². The molecule has 1 atom stereocenters. The van der Waals surface area contributed by atoms with E-state index in [1.165, 1.54) is 24.3 Å². The van der Waals surface area contributed by atoms with Crippen molar-refractivity contribution in [1.82, 2.24) is 5.32 Å². The van der Waals surface area contributed by atoms with Crippen molar-refractivity contribution in [2.24, 2.45) is 5.92 Å². The summed E-state index contributed by atoms with van der Waals surface area (Å²) in [4.78, 5) is 24.3. The zero-order valence-corrected chi connectivity index (χ0v) is 16.3. The molecule has 1 amide bonds. The molecule has 2 aromatic carbocycles. The minimum Gasteiger partial charge on any atom is -0.452 e. The quantitative estimate of drug-likeness (QED) is 0.648. The van der Waals surface area contributed by atoms with E-state index in [1.54, 1.807) is 12.1 Å². The highest BCUT2D eigenvalue weighted by atomic mass is 19.4. The van der Waals surface area contributed by atoms with Crippen LogP contribution in [0.3, 0.4) is 0 Å². The SMILES string of the molecule is CC(C)[C@@H](C)NC(=O)COC(=O)c1ccccc1Nc1cccc(C(F)(F)F)c1. The maximum Gasteiger partial charge on any atom is 0.416 e. The van der Waals surface area contributed by atoms with Crippen LogP contribution in [-0.2, 0) is 15.7 Å². The second-order valence-corrected chi connectivity index (χ2v) is 6.93. The first-order chi connectivity index (χ1) is 13.6. The third-order valence-corrected chi connectivity index (χ3v) is 4.34. The summed E-state index contributed by atoms with van der Waals surface area (Å²) in [6.45, 7) is 5.30. The molecular weight excluding hydrogens is 385 g/mol. The molecule has 0 aliphatic carbocycles. The van der Waals surface area contributed by atoms with Crippen molar-refractivity contribution in [2.75, 3.05) is 11.9 Å². The van der Waals surface area contributed by atoms with Crippen LogP contribution < -0.4 is 10.6 Å². The number of rotatable bonds is 7. The molecular formula is C21H23F3N2O3. The van der Waals surface area contributed by atoms with Crippen LogP contribution in [-0.4, -0.2) is 24.5 Å². The molecule has 0 saturated heterocycles. The molecule has 0 aliphatic rings. The van der Waals surface area contributed by atoms with E-state index < -0.39 is 30.2 Å². The van der Waals surface area contributed by atoms with E-state index >= 15 is 0 Å². The summed E-state index contributed by atoms with van der Waals surface area (Å²) in [6, 6.07) is 10.8. The third kappa shape index (κ3) is 6.51. The molecule has 8 heteroatoms. The Hall–Kier alpha value is -3.03. The average Bonchev–Trinajstić information content (AvgIpc) is 2.66. The fourth-order valence-electron chi connectivity index (χ4n) is 2.37. The molecule has 0 aliphatic heterocycles. The summed E-state index contributed by atoms with van der Waals surface area (Å²) in [7, 11) is 0. The first kappa shape index (κ1) is 22.3. The highest BCUT2D eigenvalue weighted by Gasteiger charge is 2.30. The molecule has 2 N–H and O–H groups in total. The second-order valence-electron chi connectivity index (χ2n) is 6.93. The van der Waals surface area contributed by atoms with Crippen LogP contribution in [0.2, 0.25) is 0 Å². The van der Waals surface area contributed by atoms with Crippen molar-refractivity contribution < 1.29 is 27.5 Å². The van der Waals surface area contributed by atoms with E-state index in [0.29, 0.717) is 0 Å². The monoisotopic (exact) mass is 408 g/mol. The number of carbonyl (C=O) groups is 2. The Morgan fingerprint density at radius 1 is 1.03 bits per heavy atom. The number of para-hydroxylation sites is 1. The molecule has 0 unspecified atom stereocenters. The number of benzene rings is 2. The van der Waals surface area contributed by atoms with Gasteiger partial charge in [-0.3, -0.25) is 4.79 Å². The first-order valence-corrected chi connectivity index (χ1v) is 9.07.